The maximum atomic E-state index is 13.7. The fourth-order valence-corrected chi connectivity index (χ4v) is 3.70. The Balaban J connectivity index is 1.68. The zero-order valence-electron chi connectivity index (χ0n) is 14.7. The molecule has 1 aromatic heterocycles. The van der Waals surface area contributed by atoms with Gasteiger partial charge in [-0.15, -0.1) is 0 Å². The molecule has 2 aromatic carbocycles. The molecule has 1 fully saturated rings. The number of carbonyl (C=O) groups excluding carboxylic acids is 1. The Bertz CT molecular complexity index is 969. The van der Waals surface area contributed by atoms with E-state index in [0.717, 1.165) is 24.8 Å². The zero-order chi connectivity index (χ0) is 18.8. The van der Waals surface area contributed by atoms with Crippen LogP contribution in [0.1, 0.15) is 41.2 Å². The topological polar surface area (TPSA) is 49.0 Å². The minimum Gasteiger partial charge on any atom is -0.331 e. The number of hydrogen-bond donors (Lipinski definition) is 1. The first-order chi connectivity index (χ1) is 13.1. The van der Waals surface area contributed by atoms with Crippen molar-refractivity contribution in [1.29, 1.82) is 0 Å². The van der Waals surface area contributed by atoms with Crippen LogP contribution in [0, 0.1) is 11.6 Å². The molecule has 1 N–H and O–H groups in total. The van der Waals surface area contributed by atoms with Crippen LogP contribution in [-0.4, -0.2) is 27.5 Å². The highest BCUT2D eigenvalue weighted by Crippen LogP contribution is 2.34. The van der Waals surface area contributed by atoms with E-state index in [1.54, 1.807) is 23.1 Å². The summed E-state index contributed by atoms with van der Waals surface area (Å²) in [4.78, 5) is 15.1. The number of aromatic amines is 1. The minimum absolute atomic E-state index is 0.183. The van der Waals surface area contributed by atoms with Crippen LogP contribution < -0.4 is 0 Å². The molecule has 138 valence electrons. The predicted octanol–water partition coefficient (Wildman–Crippen LogP) is 4.72. The van der Waals surface area contributed by atoms with Crippen LogP contribution in [0.25, 0.3) is 11.3 Å². The van der Waals surface area contributed by atoms with E-state index < -0.39 is 0 Å². The number of benzene rings is 2. The Hall–Kier alpha value is -3.02. The molecule has 1 saturated heterocycles. The van der Waals surface area contributed by atoms with Gasteiger partial charge in [-0.05, 0) is 49.1 Å². The molecule has 1 aliphatic heterocycles. The first-order valence-electron chi connectivity index (χ1n) is 8.99. The van der Waals surface area contributed by atoms with Crippen LogP contribution in [0.4, 0.5) is 8.78 Å². The molecule has 2 heterocycles. The number of likely N-dealkylation sites (tertiary alicyclic amines) is 1. The number of halogens is 2. The molecule has 0 bridgehead atoms. The van der Waals surface area contributed by atoms with Crippen molar-refractivity contribution in [2.75, 3.05) is 6.54 Å². The van der Waals surface area contributed by atoms with Crippen molar-refractivity contribution in [3.8, 4) is 11.3 Å². The Morgan fingerprint density at radius 3 is 2.63 bits per heavy atom. The largest absolute Gasteiger partial charge is 0.331 e. The molecule has 0 unspecified atom stereocenters. The fourth-order valence-electron chi connectivity index (χ4n) is 3.70. The molecule has 4 nitrogen and oxygen atoms in total. The third kappa shape index (κ3) is 3.47. The van der Waals surface area contributed by atoms with E-state index >= 15 is 0 Å². The Morgan fingerprint density at radius 1 is 1.07 bits per heavy atom. The van der Waals surface area contributed by atoms with E-state index in [-0.39, 0.29) is 23.6 Å². The van der Waals surface area contributed by atoms with Gasteiger partial charge in [0.05, 0.1) is 23.5 Å². The first-order valence-corrected chi connectivity index (χ1v) is 8.99. The van der Waals surface area contributed by atoms with Crippen molar-refractivity contribution < 1.29 is 13.6 Å². The standard InChI is InChI=1S/C21H19F2N3O/c22-16-7-3-5-14(11-16)19-9-1-2-10-26(19)21(27)18-13-24-25-20(18)15-6-4-8-17(23)12-15/h3-8,11-13,19H,1-2,9-10H2,(H,24,25)/t19-/m0/s1. The average molecular weight is 367 g/mol. The van der Waals surface area contributed by atoms with Crippen LogP contribution in [-0.2, 0) is 0 Å². The van der Waals surface area contributed by atoms with E-state index in [9.17, 15) is 13.6 Å². The number of nitrogens with one attached hydrogen (secondary N) is 1. The molecule has 1 aliphatic rings. The Labute approximate surface area is 155 Å². The summed E-state index contributed by atoms with van der Waals surface area (Å²) in [6, 6.07) is 12.3. The van der Waals surface area contributed by atoms with Gasteiger partial charge in [0.1, 0.15) is 11.6 Å². The van der Waals surface area contributed by atoms with Crippen molar-refractivity contribution in [2.24, 2.45) is 0 Å². The molecule has 0 radical (unpaired) electrons. The van der Waals surface area contributed by atoms with Gasteiger partial charge in [-0.3, -0.25) is 9.89 Å². The molecule has 4 rings (SSSR count). The average Bonchev–Trinajstić information content (AvgIpc) is 3.17. The summed E-state index contributed by atoms with van der Waals surface area (Å²) in [5, 5.41) is 6.81. The van der Waals surface area contributed by atoms with Crippen LogP contribution in [0.5, 0.6) is 0 Å². The molecule has 6 heteroatoms. The summed E-state index contributed by atoms with van der Waals surface area (Å²) in [6.45, 7) is 0.591. The number of H-pyrrole nitrogens is 1. The van der Waals surface area contributed by atoms with Crippen molar-refractivity contribution in [3.63, 3.8) is 0 Å². The smallest absolute Gasteiger partial charge is 0.258 e. The van der Waals surface area contributed by atoms with Crippen LogP contribution >= 0.6 is 0 Å². The highest BCUT2D eigenvalue weighted by molar-refractivity contribution is 6.00. The van der Waals surface area contributed by atoms with Gasteiger partial charge >= 0.3 is 0 Å². The molecule has 3 aromatic rings. The van der Waals surface area contributed by atoms with Gasteiger partial charge in [-0.25, -0.2) is 8.78 Å². The molecular formula is C21H19F2N3O. The number of hydrogen-bond acceptors (Lipinski definition) is 2. The highest BCUT2D eigenvalue weighted by Gasteiger charge is 2.31. The van der Waals surface area contributed by atoms with E-state index in [0.29, 0.717) is 23.4 Å². The quantitative estimate of drug-likeness (QED) is 0.728. The minimum atomic E-state index is -0.379. The van der Waals surface area contributed by atoms with Gasteiger partial charge in [-0.2, -0.15) is 5.10 Å². The van der Waals surface area contributed by atoms with E-state index in [1.165, 1.54) is 30.5 Å². The number of carbonyl (C=O) groups is 1. The number of amides is 1. The van der Waals surface area contributed by atoms with Crippen LogP contribution in [0.15, 0.2) is 54.7 Å². The maximum absolute atomic E-state index is 13.7. The number of aromatic nitrogens is 2. The molecule has 1 atom stereocenters. The van der Waals surface area contributed by atoms with Gasteiger partial charge in [0.25, 0.3) is 5.91 Å². The zero-order valence-corrected chi connectivity index (χ0v) is 14.7. The highest BCUT2D eigenvalue weighted by atomic mass is 19.1. The lowest BCUT2D eigenvalue weighted by Crippen LogP contribution is -2.38. The number of rotatable bonds is 3. The van der Waals surface area contributed by atoms with Gasteiger partial charge in [0.15, 0.2) is 0 Å². The van der Waals surface area contributed by atoms with Gasteiger partial charge in [0.2, 0.25) is 0 Å². The second-order valence-electron chi connectivity index (χ2n) is 6.73. The van der Waals surface area contributed by atoms with E-state index in [4.69, 9.17) is 0 Å². The Kier molecular flexibility index (Phi) is 4.71. The monoisotopic (exact) mass is 367 g/mol. The lowest BCUT2D eigenvalue weighted by Gasteiger charge is -2.36. The number of nitrogens with zero attached hydrogens (tertiary/aromatic N) is 2. The molecule has 0 spiro atoms. The SMILES string of the molecule is O=C(c1cn[nH]c1-c1cccc(F)c1)N1CCCC[C@H]1c1cccc(F)c1. The lowest BCUT2D eigenvalue weighted by molar-refractivity contribution is 0.0612. The van der Waals surface area contributed by atoms with E-state index in [1.807, 2.05) is 6.07 Å². The third-order valence-electron chi connectivity index (χ3n) is 4.98. The van der Waals surface area contributed by atoms with Gasteiger partial charge < -0.3 is 4.90 Å². The molecule has 1 amide bonds. The number of piperidine rings is 1. The molecule has 0 aliphatic carbocycles. The normalized spacial score (nSPS) is 17.1. The second kappa shape index (κ2) is 7.31. The van der Waals surface area contributed by atoms with Crippen molar-refractivity contribution in [1.82, 2.24) is 15.1 Å². The van der Waals surface area contributed by atoms with Gasteiger partial charge in [-0.1, -0.05) is 24.3 Å². The van der Waals surface area contributed by atoms with Crippen molar-refractivity contribution in [2.45, 2.75) is 25.3 Å². The van der Waals surface area contributed by atoms with E-state index in [2.05, 4.69) is 10.2 Å². The summed E-state index contributed by atoms with van der Waals surface area (Å²) >= 11 is 0. The van der Waals surface area contributed by atoms with Crippen molar-refractivity contribution >= 4 is 5.91 Å². The maximum Gasteiger partial charge on any atom is 0.258 e. The third-order valence-corrected chi connectivity index (χ3v) is 4.98. The molecule has 0 saturated carbocycles. The first kappa shape index (κ1) is 17.4. The summed E-state index contributed by atoms with van der Waals surface area (Å²) in [7, 11) is 0. The fraction of sp³-hybridized carbons (Fsp3) is 0.238. The predicted molar refractivity (Wildman–Crippen MR) is 98.0 cm³/mol. The van der Waals surface area contributed by atoms with Crippen molar-refractivity contribution in [3.05, 3.63) is 77.5 Å². The molecular weight excluding hydrogens is 348 g/mol. The lowest BCUT2D eigenvalue weighted by atomic mass is 9.94. The summed E-state index contributed by atoms with van der Waals surface area (Å²) < 4.78 is 27.3. The molecule has 27 heavy (non-hydrogen) atoms. The van der Waals surface area contributed by atoms with Gasteiger partial charge in [0, 0.05) is 12.1 Å². The summed E-state index contributed by atoms with van der Waals surface area (Å²) in [5.74, 6) is -0.873. The summed E-state index contributed by atoms with van der Waals surface area (Å²) in [6.07, 6.45) is 4.12. The van der Waals surface area contributed by atoms with Crippen LogP contribution in [0.3, 0.4) is 0 Å². The summed E-state index contributed by atoms with van der Waals surface area (Å²) in [5.41, 5.74) is 2.24. The second-order valence-corrected chi connectivity index (χ2v) is 6.73. The Morgan fingerprint density at radius 2 is 1.85 bits per heavy atom. The van der Waals surface area contributed by atoms with Crippen LogP contribution in [0.2, 0.25) is 0 Å².